The van der Waals surface area contributed by atoms with Gasteiger partial charge in [-0.2, -0.15) is 0 Å². The second kappa shape index (κ2) is 4.63. The normalized spacial score (nSPS) is 14.0. The van der Waals surface area contributed by atoms with Crippen LogP contribution in [0.5, 0.6) is 0 Å². The van der Waals surface area contributed by atoms with Crippen molar-refractivity contribution in [1.29, 1.82) is 0 Å². The molecule has 1 rings (SSSR count). The molecule has 0 aromatic heterocycles. The summed E-state index contributed by atoms with van der Waals surface area (Å²) in [6.45, 7) is 9.30. The summed E-state index contributed by atoms with van der Waals surface area (Å²) in [6.07, 6.45) is 2.47. The molecule has 0 nitrogen and oxygen atoms in total. The van der Waals surface area contributed by atoms with Gasteiger partial charge in [-0.3, -0.25) is 0 Å². The molecule has 1 aromatic rings. The van der Waals surface area contributed by atoms with Gasteiger partial charge < -0.3 is 0 Å². The fourth-order valence-electron chi connectivity index (χ4n) is 1.96. The fourth-order valence-corrected chi connectivity index (χ4v) is 1.96. The van der Waals surface area contributed by atoms with Gasteiger partial charge in [0.2, 0.25) is 0 Å². The van der Waals surface area contributed by atoms with E-state index >= 15 is 0 Å². The van der Waals surface area contributed by atoms with Crippen molar-refractivity contribution in [1.82, 2.24) is 0 Å². The predicted molar refractivity (Wildman–Crippen MR) is 63.4 cm³/mol. The van der Waals surface area contributed by atoms with Crippen LogP contribution in [0.25, 0.3) is 0 Å². The Hall–Kier alpha value is -0.780. The maximum absolute atomic E-state index is 2.34. The van der Waals surface area contributed by atoms with Gasteiger partial charge in [0.05, 0.1) is 0 Å². The van der Waals surface area contributed by atoms with Crippen molar-refractivity contribution in [3.8, 4) is 0 Å². The summed E-state index contributed by atoms with van der Waals surface area (Å²) < 4.78 is 0. The van der Waals surface area contributed by atoms with Crippen molar-refractivity contribution in [2.24, 2.45) is 11.3 Å². The molecule has 0 spiro atoms. The Morgan fingerprint density at radius 1 is 1.07 bits per heavy atom. The molecule has 14 heavy (non-hydrogen) atoms. The molecule has 0 aliphatic carbocycles. The number of hydrogen-bond donors (Lipinski definition) is 0. The van der Waals surface area contributed by atoms with Gasteiger partial charge in [0.1, 0.15) is 0 Å². The van der Waals surface area contributed by atoms with Crippen LogP contribution in [0, 0.1) is 11.3 Å². The summed E-state index contributed by atoms with van der Waals surface area (Å²) in [5.74, 6) is 0.782. The first kappa shape index (κ1) is 11.3. The van der Waals surface area contributed by atoms with Crippen LogP contribution < -0.4 is 0 Å². The van der Waals surface area contributed by atoms with Crippen molar-refractivity contribution in [2.75, 3.05) is 0 Å². The molecule has 78 valence electrons. The van der Waals surface area contributed by atoms with Gasteiger partial charge in [0, 0.05) is 0 Å². The SMILES string of the molecule is CCC(Cc1ccccc1)C(C)(C)C. The predicted octanol–water partition coefficient (Wildman–Crippen LogP) is 4.30. The molecule has 0 heterocycles. The van der Waals surface area contributed by atoms with E-state index in [1.165, 1.54) is 18.4 Å². The lowest BCUT2D eigenvalue weighted by Crippen LogP contribution is -2.21. The molecule has 1 aromatic carbocycles. The molecule has 0 amide bonds. The minimum Gasteiger partial charge on any atom is -0.0651 e. The molecule has 0 aliphatic rings. The third kappa shape index (κ3) is 3.17. The number of benzene rings is 1. The summed E-state index contributed by atoms with van der Waals surface area (Å²) in [4.78, 5) is 0. The third-order valence-electron chi connectivity index (χ3n) is 3.04. The Morgan fingerprint density at radius 3 is 2.07 bits per heavy atom. The Morgan fingerprint density at radius 2 is 1.64 bits per heavy atom. The smallest absolute Gasteiger partial charge is 0.0245 e. The molecule has 0 radical (unpaired) electrons. The zero-order valence-corrected chi connectivity index (χ0v) is 9.88. The first-order valence-corrected chi connectivity index (χ1v) is 5.58. The van der Waals surface area contributed by atoms with Gasteiger partial charge in [-0.25, -0.2) is 0 Å². The van der Waals surface area contributed by atoms with E-state index in [-0.39, 0.29) is 0 Å². The molecular formula is C14H22. The summed E-state index contributed by atoms with van der Waals surface area (Å²) >= 11 is 0. The summed E-state index contributed by atoms with van der Waals surface area (Å²) in [5.41, 5.74) is 1.89. The van der Waals surface area contributed by atoms with Gasteiger partial charge in [0.15, 0.2) is 0 Å². The molecule has 0 N–H and O–H groups in total. The number of rotatable bonds is 3. The van der Waals surface area contributed by atoms with E-state index < -0.39 is 0 Å². The monoisotopic (exact) mass is 190 g/mol. The van der Waals surface area contributed by atoms with Crippen LogP contribution in [-0.2, 0) is 6.42 Å². The topological polar surface area (TPSA) is 0 Å². The van der Waals surface area contributed by atoms with Crippen molar-refractivity contribution in [3.63, 3.8) is 0 Å². The van der Waals surface area contributed by atoms with E-state index in [0.717, 1.165) is 5.92 Å². The van der Waals surface area contributed by atoms with Crippen LogP contribution in [0.2, 0.25) is 0 Å². The van der Waals surface area contributed by atoms with Crippen molar-refractivity contribution in [2.45, 2.75) is 40.5 Å². The lowest BCUT2D eigenvalue weighted by Gasteiger charge is -2.29. The quantitative estimate of drug-likeness (QED) is 0.666. The third-order valence-corrected chi connectivity index (χ3v) is 3.04. The minimum absolute atomic E-state index is 0.421. The highest BCUT2D eigenvalue weighted by atomic mass is 14.3. The van der Waals surface area contributed by atoms with E-state index in [4.69, 9.17) is 0 Å². The summed E-state index contributed by atoms with van der Waals surface area (Å²) in [5, 5.41) is 0. The zero-order chi connectivity index (χ0) is 10.6. The first-order valence-electron chi connectivity index (χ1n) is 5.58. The lowest BCUT2D eigenvalue weighted by atomic mass is 9.76. The Balaban J connectivity index is 2.67. The van der Waals surface area contributed by atoms with Gasteiger partial charge >= 0.3 is 0 Å². The van der Waals surface area contributed by atoms with Crippen LogP contribution in [0.3, 0.4) is 0 Å². The van der Waals surface area contributed by atoms with Gasteiger partial charge in [-0.15, -0.1) is 0 Å². The van der Waals surface area contributed by atoms with E-state index in [9.17, 15) is 0 Å². The van der Waals surface area contributed by atoms with Crippen LogP contribution in [0.15, 0.2) is 30.3 Å². The average Bonchev–Trinajstić information content (AvgIpc) is 2.14. The van der Waals surface area contributed by atoms with Crippen LogP contribution in [0.4, 0.5) is 0 Å². The van der Waals surface area contributed by atoms with Crippen molar-refractivity contribution < 1.29 is 0 Å². The maximum atomic E-state index is 2.34. The largest absolute Gasteiger partial charge is 0.0651 e. The van der Waals surface area contributed by atoms with E-state index in [0.29, 0.717) is 5.41 Å². The standard InChI is InChI=1S/C14H22/c1-5-13(14(2,3)4)11-12-9-7-6-8-10-12/h6-10,13H,5,11H2,1-4H3. The molecular weight excluding hydrogens is 168 g/mol. The maximum Gasteiger partial charge on any atom is -0.0245 e. The highest BCUT2D eigenvalue weighted by Gasteiger charge is 2.22. The van der Waals surface area contributed by atoms with Gasteiger partial charge in [0.25, 0.3) is 0 Å². The van der Waals surface area contributed by atoms with E-state index in [1.807, 2.05) is 0 Å². The Bertz CT molecular complexity index is 253. The Labute approximate surface area is 88.4 Å². The molecule has 0 saturated heterocycles. The second-order valence-corrected chi connectivity index (χ2v) is 5.16. The minimum atomic E-state index is 0.421. The molecule has 0 fully saturated rings. The van der Waals surface area contributed by atoms with E-state index in [2.05, 4.69) is 58.0 Å². The molecule has 0 saturated carbocycles. The second-order valence-electron chi connectivity index (χ2n) is 5.16. The molecule has 0 heteroatoms. The van der Waals surface area contributed by atoms with Crippen LogP contribution in [-0.4, -0.2) is 0 Å². The highest BCUT2D eigenvalue weighted by Crippen LogP contribution is 2.31. The zero-order valence-electron chi connectivity index (χ0n) is 9.88. The fraction of sp³-hybridized carbons (Fsp3) is 0.571. The highest BCUT2D eigenvalue weighted by molar-refractivity contribution is 5.15. The van der Waals surface area contributed by atoms with E-state index in [1.54, 1.807) is 0 Å². The summed E-state index contributed by atoms with van der Waals surface area (Å²) in [6, 6.07) is 10.8. The van der Waals surface area contributed by atoms with Crippen LogP contribution >= 0.6 is 0 Å². The van der Waals surface area contributed by atoms with Gasteiger partial charge in [-0.05, 0) is 23.3 Å². The lowest BCUT2D eigenvalue weighted by molar-refractivity contribution is 0.231. The van der Waals surface area contributed by atoms with Crippen molar-refractivity contribution in [3.05, 3.63) is 35.9 Å². The van der Waals surface area contributed by atoms with Crippen molar-refractivity contribution >= 4 is 0 Å². The molecule has 0 bridgehead atoms. The first-order chi connectivity index (χ1) is 6.54. The summed E-state index contributed by atoms with van der Waals surface area (Å²) in [7, 11) is 0. The molecule has 1 atom stereocenters. The van der Waals surface area contributed by atoms with Crippen LogP contribution in [0.1, 0.15) is 39.7 Å². The Kier molecular flexibility index (Phi) is 3.74. The average molecular weight is 190 g/mol. The molecule has 1 unspecified atom stereocenters. The molecule has 0 aliphatic heterocycles. The number of hydrogen-bond acceptors (Lipinski definition) is 0. The van der Waals surface area contributed by atoms with Gasteiger partial charge in [-0.1, -0.05) is 64.4 Å².